The molecule has 134 valence electrons. The minimum Gasteiger partial charge on any atom is -0.356 e. The van der Waals surface area contributed by atoms with Gasteiger partial charge in [0.1, 0.15) is 0 Å². The number of hydrogen-bond donors (Lipinski definition) is 2. The fraction of sp³-hybridized carbons (Fsp3) is 0.632. The van der Waals surface area contributed by atoms with Gasteiger partial charge in [-0.15, -0.1) is 0 Å². The van der Waals surface area contributed by atoms with Crippen LogP contribution in [-0.2, 0) is 13.1 Å². The largest absolute Gasteiger partial charge is 0.356 e. The zero-order valence-electron chi connectivity index (χ0n) is 15.3. The standard InChI is InChI=1S/C19H32N4S/c1-16-6-4-5-12-23(16)15-18-9-7-17(8-10-18)14-22-19(20-2)21-11-13-24-3/h7-10,16H,4-6,11-15H2,1-3H3,(H2,20,21,22). The van der Waals surface area contributed by atoms with Crippen LogP contribution in [0.25, 0.3) is 0 Å². The first kappa shape index (κ1) is 19.1. The summed E-state index contributed by atoms with van der Waals surface area (Å²) in [5.74, 6) is 1.96. The van der Waals surface area contributed by atoms with Gasteiger partial charge in [0, 0.05) is 38.5 Å². The molecule has 1 heterocycles. The number of thioether (sulfide) groups is 1. The molecule has 0 radical (unpaired) electrons. The van der Waals surface area contributed by atoms with E-state index in [4.69, 9.17) is 0 Å². The van der Waals surface area contributed by atoms with Crippen molar-refractivity contribution in [2.75, 3.05) is 32.1 Å². The minimum absolute atomic E-state index is 0.718. The molecule has 5 heteroatoms. The second kappa shape index (κ2) is 10.6. The maximum absolute atomic E-state index is 4.26. The van der Waals surface area contributed by atoms with Crippen molar-refractivity contribution in [3.63, 3.8) is 0 Å². The zero-order chi connectivity index (χ0) is 17.2. The SMILES string of the molecule is CN=C(NCCSC)NCc1ccc(CN2CCCCC2C)cc1. The van der Waals surface area contributed by atoms with E-state index in [-0.39, 0.29) is 0 Å². The predicted octanol–water partition coefficient (Wildman–Crippen LogP) is 3.09. The number of rotatable bonds is 7. The average molecular weight is 349 g/mol. The van der Waals surface area contributed by atoms with Crippen LogP contribution in [0.15, 0.2) is 29.3 Å². The van der Waals surface area contributed by atoms with E-state index in [1.54, 1.807) is 0 Å². The maximum Gasteiger partial charge on any atom is 0.191 e. The molecule has 0 aromatic heterocycles. The first-order valence-corrected chi connectivity index (χ1v) is 10.4. The summed E-state index contributed by atoms with van der Waals surface area (Å²) in [7, 11) is 1.82. The molecule has 0 aliphatic carbocycles. The van der Waals surface area contributed by atoms with E-state index >= 15 is 0 Å². The number of piperidine rings is 1. The Morgan fingerprint density at radius 3 is 2.62 bits per heavy atom. The van der Waals surface area contributed by atoms with Gasteiger partial charge in [0.15, 0.2) is 5.96 Å². The normalized spacial score (nSPS) is 19.3. The van der Waals surface area contributed by atoms with Crippen LogP contribution in [0.2, 0.25) is 0 Å². The van der Waals surface area contributed by atoms with Crippen LogP contribution >= 0.6 is 11.8 Å². The molecular formula is C19H32N4S. The molecule has 4 nitrogen and oxygen atoms in total. The fourth-order valence-corrected chi connectivity index (χ4v) is 3.37. The summed E-state index contributed by atoms with van der Waals surface area (Å²) >= 11 is 1.84. The molecular weight excluding hydrogens is 316 g/mol. The van der Waals surface area contributed by atoms with Gasteiger partial charge in [0.2, 0.25) is 0 Å². The van der Waals surface area contributed by atoms with Gasteiger partial charge in [-0.1, -0.05) is 30.7 Å². The molecule has 0 amide bonds. The summed E-state index contributed by atoms with van der Waals surface area (Å²) in [5.41, 5.74) is 2.70. The third-order valence-corrected chi connectivity index (χ3v) is 5.24. The number of likely N-dealkylation sites (tertiary alicyclic amines) is 1. The van der Waals surface area contributed by atoms with Gasteiger partial charge >= 0.3 is 0 Å². The lowest BCUT2D eigenvalue weighted by Crippen LogP contribution is -2.38. The number of benzene rings is 1. The Morgan fingerprint density at radius 2 is 1.96 bits per heavy atom. The molecule has 0 spiro atoms. The first-order valence-electron chi connectivity index (χ1n) is 8.98. The molecule has 24 heavy (non-hydrogen) atoms. The fourth-order valence-electron chi connectivity index (χ4n) is 3.07. The molecule has 1 aromatic rings. The van der Waals surface area contributed by atoms with Crippen LogP contribution < -0.4 is 10.6 Å². The van der Waals surface area contributed by atoms with Gasteiger partial charge in [-0.25, -0.2) is 0 Å². The number of nitrogens with zero attached hydrogens (tertiary/aromatic N) is 2. The zero-order valence-corrected chi connectivity index (χ0v) is 16.2. The van der Waals surface area contributed by atoms with E-state index in [2.05, 4.69) is 58.0 Å². The Bertz CT molecular complexity index is 501. The monoisotopic (exact) mass is 348 g/mol. The van der Waals surface area contributed by atoms with E-state index in [0.717, 1.165) is 37.4 Å². The summed E-state index contributed by atoms with van der Waals surface area (Å²) in [6.45, 7) is 6.41. The Balaban J connectivity index is 1.79. The summed E-state index contributed by atoms with van der Waals surface area (Å²) in [4.78, 5) is 6.86. The Labute approximate surface area is 151 Å². The van der Waals surface area contributed by atoms with Crippen molar-refractivity contribution in [2.45, 2.75) is 45.3 Å². The summed E-state index contributed by atoms with van der Waals surface area (Å²) in [6, 6.07) is 9.71. The summed E-state index contributed by atoms with van der Waals surface area (Å²) in [5, 5.41) is 6.69. The van der Waals surface area contributed by atoms with Crippen molar-refractivity contribution < 1.29 is 0 Å². The van der Waals surface area contributed by atoms with Crippen molar-refractivity contribution in [2.24, 2.45) is 4.99 Å². The van der Waals surface area contributed by atoms with E-state index < -0.39 is 0 Å². The van der Waals surface area contributed by atoms with Gasteiger partial charge in [0.05, 0.1) is 0 Å². The lowest BCUT2D eigenvalue weighted by Gasteiger charge is -2.33. The van der Waals surface area contributed by atoms with E-state index in [1.165, 1.54) is 36.9 Å². The van der Waals surface area contributed by atoms with Crippen LogP contribution in [0.5, 0.6) is 0 Å². The van der Waals surface area contributed by atoms with Gasteiger partial charge in [0.25, 0.3) is 0 Å². The smallest absolute Gasteiger partial charge is 0.191 e. The third-order valence-electron chi connectivity index (χ3n) is 4.63. The van der Waals surface area contributed by atoms with Crippen molar-refractivity contribution in [1.29, 1.82) is 0 Å². The van der Waals surface area contributed by atoms with E-state index in [9.17, 15) is 0 Å². The van der Waals surface area contributed by atoms with Gasteiger partial charge in [-0.2, -0.15) is 11.8 Å². The van der Waals surface area contributed by atoms with Gasteiger partial charge in [-0.05, 0) is 43.7 Å². The highest BCUT2D eigenvalue weighted by Crippen LogP contribution is 2.19. The Kier molecular flexibility index (Phi) is 8.47. The molecule has 1 saturated heterocycles. The number of guanidine groups is 1. The highest BCUT2D eigenvalue weighted by molar-refractivity contribution is 7.98. The minimum atomic E-state index is 0.718. The summed E-state index contributed by atoms with van der Waals surface area (Å²) < 4.78 is 0. The molecule has 0 bridgehead atoms. The van der Waals surface area contributed by atoms with Crippen LogP contribution in [0, 0.1) is 0 Å². The molecule has 0 saturated carbocycles. The van der Waals surface area contributed by atoms with Gasteiger partial charge in [-0.3, -0.25) is 9.89 Å². The Hall–Kier alpha value is -1.20. The highest BCUT2D eigenvalue weighted by Gasteiger charge is 2.17. The molecule has 2 rings (SSSR count). The molecule has 1 atom stereocenters. The third kappa shape index (κ3) is 6.36. The second-order valence-electron chi connectivity index (χ2n) is 6.48. The first-order chi connectivity index (χ1) is 11.7. The molecule has 1 fully saturated rings. The van der Waals surface area contributed by atoms with Crippen molar-refractivity contribution in [3.8, 4) is 0 Å². The molecule has 1 aliphatic heterocycles. The van der Waals surface area contributed by atoms with Crippen LogP contribution in [0.1, 0.15) is 37.3 Å². The molecule has 1 unspecified atom stereocenters. The maximum atomic E-state index is 4.26. The molecule has 1 aliphatic rings. The van der Waals surface area contributed by atoms with Crippen molar-refractivity contribution in [3.05, 3.63) is 35.4 Å². The number of aliphatic imine (C=N–C) groups is 1. The number of nitrogens with one attached hydrogen (secondary N) is 2. The molecule has 1 aromatic carbocycles. The van der Waals surface area contributed by atoms with E-state index in [0.29, 0.717) is 0 Å². The van der Waals surface area contributed by atoms with Crippen LogP contribution in [0.4, 0.5) is 0 Å². The average Bonchev–Trinajstić information content (AvgIpc) is 2.61. The predicted molar refractivity (Wildman–Crippen MR) is 107 cm³/mol. The van der Waals surface area contributed by atoms with Crippen molar-refractivity contribution in [1.82, 2.24) is 15.5 Å². The lowest BCUT2D eigenvalue weighted by molar-refractivity contribution is 0.152. The number of hydrogen-bond acceptors (Lipinski definition) is 3. The lowest BCUT2D eigenvalue weighted by atomic mass is 10.0. The highest BCUT2D eigenvalue weighted by atomic mass is 32.2. The van der Waals surface area contributed by atoms with Gasteiger partial charge < -0.3 is 10.6 Å². The van der Waals surface area contributed by atoms with Crippen LogP contribution in [-0.4, -0.2) is 49.0 Å². The molecule has 2 N–H and O–H groups in total. The Morgan fingerprint density at radius 1 is 1.21 bits per heavy atom. The quantitative estimate of drug-likeness (QED) is 0.451. The van der Waals surface area contributed by atoms with Crippen LogP contribution in [0.3, 0.4) is 0 Å². The van der Waals surface area contributed by atoms with Crippen molar-refractivity contribution >= 4 is 17.7 Å². The topological polar surface area (TPSA) is 39.7 Å². The second-order valence-corrected chi connectivity index (χ2v) is 7.46. The van der Waals surface area contributed by atoms with E-state index in [1.807, 2.05) is 18.8 Å². The summed E-state index contributed by atoms with van der Waals surface area (Å²) in [6.07, 6.45) is 6.18.